The van der Waals surface area contributed by atoms with Gasteiger partial charge in [-0.1, -0.05) is 11.6 Å². The maximum absolute atomic E-state index is 10.8. The topological polar surface area (TPSA) is 79.6 Å². The molecule has 0 amide bonds. The molecule has 0 aromatic rings. The fraction of sp³-hybridized carbons (Fsp3) is 0.429. The molecule has 0 spiro atoms. The largest absolute Gasteiger partial charge is 0.465 e. The van der Waals surface area contributed by atoms with Gasteiger partial charge >= 0.3 is 5.97 Å². The van der Waals surface area contributed by atoms with Crippen LogP contribution in [0.15, 0.2) is 4.99 Å². The zero-order valence-electron chi connectivity index (χ0n) is 7.20. The van der Waals surface area contributed by atoms with E-state index in [9.17, 15) is 9.59 Å². The lowest BCUT2D eigenvalue weighted by atomic mass is 10.1. The smallest absolute Gasteiger partial charge is 0.352 e. The number of carbonyl (C=O) groups is 2. The molecule has 13 heavy (non-hydrogen) atoms. The quantitative estimate of drug-likeness (QED) is 0.405. The summed E-state index contributed by atoms with van der Waals surface area (Å²) < 4.78 is 4.25. The Balaban J connectivity index is 4.70. The molecule has 1 atom stereocenters. The molecule has 1 unspecified atom stereocenters. The summed E-state index contributed by atoms with van der Waals surface area (Å²) in [5, 5.41) is 7.11. The van der Waals surface area contributed by atoms with Gasteiger partial charge in [0.25, 0.3) is 0 Å². The molecule has 0 saturated heterocycles. The van der Waals surface area contributed by atoms with Crippen LogP contribution in [-0.4, -0.2) is 37.3 Å². The van der Waals surface area contributed by atoms with Crippen molar-refractivity contribution in [2.75, 3.05) is 14.2 Å². The highest BCUT2D eigenvalue weighted by Crippen LogP contribution is 2.04. The molecule has 72 valence electrons. The van der Waals surface area contributed by atoms with Crippen LogP contribution in [0.25, 0.3) is 0 Å². The van der Waals surface area contributed by atoms with E-state index in [-0.39, 0.29) is 5.17 Å². The molecule has 0 radical (unpaired) electrons. The zero-order valence-corrected chi connectivity index (χ0v) is 7.96. The Bertz CT molecular complexity index is 262. The van der Waals surface area contributed by atoms with Crippen LogP contribution in [-0.2, 0) is 14.3 Å². The summed E-state index contributed by atoms with van der Waals surface area (Å²) in [6.07, 6.45) is 0.370. The Morgan fingerprint density at radius 1 is 1.69 bits per heavy atom. The van der Waals surface area contributed by atoms with Crippen LogP contribution in [0, 0.1) is 11.3 Å². The summed E-state index contributed by atoms with van der Waals surface area (Å²) in [6.45, 7) is 0. The van der Waals surface area contributed by atoms with Gasteiger partial charge in [0.05, 0.1) is 7.11 Å². The van der Waals surface area contributed by atoms with E-state index in [2.05, 4.69) is 9.73 Å². The summed E-state index contributed by atoms with van der Waals surface area (Å²) >= 11 is 5.50. The van der Waals surface area contributed by atoms with E-state index in [4.69, 9.17) is 17.0 Å². The SMILES string of the molecule is CN=C(Cl)C(C=O)C(=N)C(=O)OC. The van der Waals surface area contributed by atoms with Gasteiger partial charge in [0, 0.05) is 7.05 Å². The molecule has 1 N–H and O–H groups in total. The Morgan fingerprint density at radius 3 is 2.54 bits per heavy atom. The predicted molar refractivity (Wildman–Crippen MR) is 48.5 cm³/mol. The second-order valence-corrected chi connectivity index (χ2v) is 2.45. The molecule has 0 aliphatic heterocycles. The third-order valence-corrected chi connectivity index (χ3v) is 1.73. The second kappa shape index (κ2) is 5.42. The molecule has 5 nitrogen and oxygen atoms in total. The van der Waals surface area contributed by atoms with Crippen molar-refractivity contribution in [2.24, 2.45) is 10.9 Å². The maximum atomic E-state index is 10.8. The summed E-state index contributed by atoms with van der Waals surface area (Å²) in [5.41, 5.74) is -0.520. The van der Waals surface area contributed by atoms with Gasteiger partial charge in [0.15, 0.2) is 0 Å². The van der Waals surface area contributed by atoms with Crippen molar-refractivity contribution < 1.29 is 14.3 Å². The van der Waals surface area contributed by atoms with Crippen molar-refractivity contribution in [1.29, 1.82) is 5.41 Å². The van der Waals surface area contributed by atoms with Gasteiger partial charge in [0.1, 0.15) is 23.1 Å². The first-order valence-corrected chi connectivity index (χ1v) is 3.70. The highest BCUT2D eigenvalue weighted by atomic mass is 35.5. The molecule has 0 aliphatic carbocycles. The average Bonchev–Trinajstić information content (AvgIpc) is 2.17. The molecule has 0 fully saturated rings. The van der Waals surface area contributed by atoms with Crippen LogP contribution in [0.2, 0.25) is 0 Å². The van der Waals surface area contributed by atoms with Crippen LogP contribution < -0.4 is 0 Å². The van der Waals surface area contributed by atoms with Gasteiger partial charge in [0.2, 0.25) is 0 Å². The van der Waals surface area contributed by atoms with Gasteiger partial charge < -0.3 is 9.53 Å². The van der Waals surface area contributed by atoms with E-state index in [1.165, 1.54) is 7.05 Å². The number of ether oxygens (including phenoxy) is 1. The highest BCUT2D eigenvalue weighted by Gasteiger charge is 2.24. The third-order valence-electron chi connectivity index (χ3n) is 1.32. The minimum absolute atomic E-state index is 0.106. The Morgan fingerprint density at radius 2 is 2.23 bits per heavy atom. The minimum atomic E-state index is -1.13. The number of nitrogens with zero attached hydrogens (tertiary/aromatic N) is 1. The van der Waals surface area contributed by atoms with Crippen molar-refractivity contribution in [3.63, 3.8) is 0 Å². The van der Waals surface area contributed by atoms with E-state index < -0.39 is 17.6 Å². The number of rotatable bonds is 4. The standard InChI is InChI=1S/C7H9ClN2O3/c1-10-6(8)4(3-11)5(9)7(12)13-2/h3-4,9H,1-2H3. The number of hydrogen-bond acceptors (Lipinski definition) is 5. The number of nitrogens with one attached hydrogen (secondary N) is 1. The number of hydrogen-bond donors (Lipinski definition) is 1. The monoisotopic (exact) mass is 204 g/mol. The third kappa shape index (κ3) is 2.95. The molecule has 0 bridgehead atoms. The molecule has 0 heterocycles. The number of carbonyl (C=O) groups excluding carboxylic acids is 2. The second-order valence-electron chi connectivity index (χ2n) is 2.07. The van der Waals surface area contributed by atoms with Crippen molar-refractivity contribution in [3.8, 4) is 0 Å². The maximum Gasteiger partial charge on any atom is 0.352 e. The first-order valence-electron chi connectivity index (χ1n) is 3.32. The Kier molecular flexibility index (Phi) is 4.91. The lowest BCUT2D eigenvalue weighted by Crippen LogP contribution is -2.29. The number of esters is 1. The van der Waals surface area contributed by atoms with Crippen LogP contribution in [0.4, 0.5) is 0 Å². The fourth-order valence-electron chi connectivity index (χ4n) is 0.619. The normalized spacial score (nSPS) is 13.3. The molecule has 6 heteroatoms. The molecule has 0 aliphatic rings. The molecule has 0 rings (SSSR count). The minimum Gasteiger partial charge on any atom is -0.465 e. The van der Waals surface area contributed by atoms with Crippen LogP contribution >= 0.6 is 11.6 Å². The molecule has 0 aromatic carbocycles. The van der Waals surface area contributed by atoms with Crippen LogP contribution in [0.3, 0.4) is 0 Å². The average molecular weight is 205 g/mol. The lowest BCUT2D eigenvalue weighted by Gasteiger charge is -2.06. The lowest BCUT2D eigenvalue weighted by molar-refractivity contribution is -0.133. The van der Waals surface area contributed by atoms with Gasteiger partial charge in [-0.05, 0) is 0 Å². The van der Waals surface area contributed by atoms with E-state index in [1.54, 1.807) is 0 Å². The molecule has 0 aromatic heterocycles. The van der Waals surface area contributed by atoms with Crippen LogP contribution in [0.5, 0.6) is 0 Å². The number of halogens is 1. The van der Waals surface area contributed by atoms with E-state index in [1.807, 2.05) is 0 Å². The first kappa shape index (κ1) is 11.8. The van der Waals surface area contributed by atoms with Crippen molar-refractivity contribution in [2.45, 2.75) is 0 Å². The summed E-state index contributed by atoms with van der Waals surface area (Å²) in [7, 11) is 2.49. The fourth-order valence-corrected chi connectivity index (χ4v) is 0.780. The summed E-state index contributed by atoms with van der Waals surface area (Å²) in [5.74, 6) is -2.02. The number of aliphatic imine (C=N–C) groups is 1. The number of aldehydes is 1. The first-order chi connectivity index (χ1) is 6.08. The Labute approximate surface area is 80.2 Å². The molecule has 0 saturated carbocycles. The van der Waals surface area contributed by atoms with Crippen molar-refractivity contribution in [1.82, 2.24) is 0 Å². The van der Waals surface area contributed by atoms with Gasteiger partial charge in [-0.3, -0.25) is 10.4 Å². The van der Waals surface area contributed by atoms with Gasteiger partial charge in [-0.25, -0.2) is 4.79 Å². The van der Waals surface area contributed by atoms with Crippen LogP contribution in [0.1, 0.15) is 0 Å². The van der Waals surface area contributed by atoms with E-state index in [0.29, 0.717) is 6.29 Å². The summed E-state index contributed by atoms with van der Waals surface area (Å²) in [4.78, 5) is 24.8. The van der Waals surface area contributed by atoms with Crippen molar-refractivity contribution in [3.05, 3.63) is 0 Å². The Hall–Kier alpha value is -1.23. The summed E-state index contributed by atoms with van der Waals surface area (Å²) in [6, 6.07) is 0. The van der Waals surface area contributed by atoms with Gasteiger partial charge in [-0.15, -0.1) is 0 Å². The highest BCUT2D eigenvalue weighted by molar-refractivity contribution is 6.71. The predicted octanol–water partition coefficient (Wildman–Crippen LogP) is 0.261. The van der Waals surface area contributed by atoms with Crippen molar-refractivity contribution >= 4 is 34.7 Å². The molecular weight excluding hydrogens is 196 g/mol. The molecular formula is C7H9ClN2O3. The van der Waals surface area contributed by atoms with Gasteiger partial charge in [-0.2, -0.15) is 0 Å². The van der Waals surface area contributed by atoms with E-state index >= 15 is 0 Å². The number of methoxy groups -OCH3 is 1. The zero-order chi connectivity index (χ0) is 10.4. The van der Waals surface area contributed by atoms with E-state index in [0.717, 1.165) is 7.11 Å².